The van der Waals surface area contributed by atoms with Gasteiger partial charge >= 0.3 is 0 Å². The monoisotopic (exact) mass is 515 g/mol. The molecule has 0 saturated carbocycles. The third kappa shape index (κ3) is 4.57. The molecule has 1 aliphatic rings. The maximum absolute atomic E-state index is 13.4. The van der Waals surface area contributed by atoms with E-state index in [4.69, 9.17) is 4.74 Å². The number of benzene rings is 5. The molecule has 6 rings (SSSR count). The average Bonchev–Trinajstić information content (AvgIpc) is 3.21. The SMILES string of the molecule is Cc1ccccc1CN1C(=O)S/C(=C\c2c(OCc3cccc4ccccc34)ccc3ccccc23)C1=O. The summed E-state index contributed by atoms with van der Waals surface area (Å²) in [6, 6.07) is 34.2. The first-order valence-electron chi connectivity index (χ1n) is 12.5. The molecule has 0 atom stereocenters. The Morgan fingerprint density at radius 1 is 0.737 bits per heavy atom. The van der Waals surface area contributed by atoms with Crippen molar-refractivity contribution in [2.75, 3.05) is 0 Å². The van der Waals surface area contributed by atoms with Crippen LogP contribution >= 0.6 is 11.8 Å². The number of carbonyl (C=O) groups excluding carboxylic acids is 2. The van der Waals surface area contributed by atoms with Crippen LogP contribution < -0.4 is 4.74 Å². The van der Waals surface area contributed by atoms with Gasteiger partial charge in [0.2, 0.25) is 0 Å². The summed E-state index contributed by atoms with van der Waals surface area (Å²) in [6.45, 7) is 2.63. The van der Waals surface area contributed by atoms with Crippen LogP contribution in [0.4, 0.5) is 4.79 Å². The molecule has 1 saturated heterocycles. The maximum atomic E-state index is 13.4. The second-order valence-corrected chi connectivity index (χ2v) is 10.3. The molecule has 0 spiro atoms. The Hall–Kier alpha value is -4.35. The number of thioether (sulfide) groups is 1. The smallest absolute Gasteiger partial charge is 0.293 e. The molecular weight excluding hydrogens is 490 g/mol. The molecule has 0 aromatic heterocycles. The third-order valence-electron chi connectivity index (χ3n) is 6.93. The number of amides is 2. The molecule has 2 amide bonds. The third-order valence-corrected chi connectivity index (χ3v) is 7.84. The average molecular weight is 516 g/mol. The fraction of sp³-hybridized carbons (Fsp3) is 0.0909. The normalized spacial score (nSPS) is 14.7. The molecule has 5 heteroatoms. The Kier molecular flexibility index (Phi) is 6.44. The number of nitrogens with zero attached hydrogens (tertiary/aromatic N) is 1. The van der Waals surface area contributed by atoms with Crippen molar-refractivity contribution in [3.05, 3.63) is 130 Å². The summed E-state index contributed by atoms with van der Waals surface area (Å²) >= 11 is 0.978. The largest absolute Gasteiger partial charge is 0.488 e. The van der Waals surface area contributed by atoms with Crippen LogP contribution in [-0.2, 0) is 17.9 Å². The first-order valence-corrected chi connectivity index (χ1v) is 13.3. The van der Waals surface area contributed by atoms with Gasteiger partial charge in [0, 0.05) is 5.56 Å². The molecule has 1 aliphatic heterocycles. The van der Waals surface area contributed by atoms with E-state index in [0.29, 0.717) is 17.3 Å². The molecule has 186 valence electrons. The van der Waals surface area contributed by atoms with Gasteiger partial charge in [-0.05, 0) is 69.1 Å². The number of hydrogen-bond acceptors (Lipinski definition) is 4. The van der Waals surface area contributed by atoms with Gasteiger partial charge in [0.25, 0.3) is 11.1 Å². The van der Waals surface area contributed by atoms with Gasteiger partial charge in [0.15, 0.2) is 0 Å². The highest BCUT2D eigenvalue weighted by Gasteiger charge is 2.35. The summed E-state index contributed by atoms with van der Waals surface area (Å²) < 4.78 is 6.39. The van der Waals surface area contributed by atoms with Crippen LogP contribution in [0.2, 0.25) is 0 Å². The van der Waals surface area contributed by atoms with E-state index >= 15 is 0 Å². The topological polar surface area (TPSA) is 46.6 Å². The van der Waals surface area contributed by atoms with Crippen LogP contribution in [0.15, 0.2) is 108 Å². The predicted octanol–water partition coefficient (Wildman–Crippen LogP) is 8.12. The lowest BCUT2D eigenvalue weighted by Crippen LogP contribution is -2.27. The van der Waals surface area contributed by atoms with Crippen molar-refractivity contribution < 1.29 is 14.3 Å². The van der Waals surface area contributed by atoms with E-state index in [1.807, 2.05) is 91.9 Å². The highest BCUT2D eigenvalue weighted by molar-refractivity contribution is 8.18. The number of imide groups is 1. The Balaban J connectivity index is 1.35. The maximum Gasteiger partial charge on any atom is 0.293 e. The molecule has 0 radical (unpaired) electrons. The molecule has 38 heavy (non-hydrogen) atoms. The van der Waals surface area contributed by atoms with Crippen molar-refractivity contribution in [1.29, 1.82) is 0 Å². The van der Waals surface area contributed by atoms with Crippen molar-refractivity contribution in [3.8, 4) is 5.75 Å². The van der Waals surface area contributed by atoms with Crippen molar-refractivity contribution in [3.63, 3.8) is 0 Å². The summed E-state index contributed by atoms with van der Waals surface area (Å²) in [6.07, 6.45) is 1.81. The number of rotatable bonds is 6. The highest BCUT2D eigenvalue weighted by atomic mass is 32.2. The Morgan fingerprint density at radius 2 is 1.39 bits per heavy atom. The van der Waals surface area contributed by atoms with E-state index in [-0.39, 0.29) is 17.7 Å². The van der Waals surface area contributed by atoms with E-state index in [1.54, 1.807) is 0 Å². The zero-order chi connectivity index (χ0) is 26.1. The van der Waals surface area contributed by atoms with Crippen LogP contribution in [-0.4, -0.2) is 16.0 Å². The van der Waals surface area contributed by atoms with Gasteiger partial charge in [0.05, 0.1) is 11.4 Å². The Bertz CT molecular complexity index is 1730. The van der Waals surface area contributed by atoms with Gasteiger partial charge < -0.3 is 4.74 Å². The molecule has 4 nitrogen and oxygen atoms in total. The second-order valence-electron chi connectivity index (χ2n) is 9.32. The zero-order valence-electron chi connectivity index (χ0n) is 20.9. The number of fused-ring (bicyclic) bond motifs is 2. The van der Waals surface area contributed by atoms with E-state index < -0.39 is 0 Å². The van der Waals surface area contributed by atoms with Gasteiger partial charge in [-0.2, -0.15) is 0 Å². The Labute approximate surface area is 225 Å². The highest BCUT2D eigenvalue weighted by Crippen LogP contribution is 2.38. The minimum atomic E-state index is -0.281. The molecule has 1 heterocycles. The lowest BCUT2D eigenvalue weighted by Gasteiger charge is -2.15. The number of hydrogen-bond donors (Lipinski definition) is 0. The first kappa shape index (κ1) is 24.0. The van der Waals surface area contributed by atoms with Crippen LogP contribution in [0.25, 0.3) is 27.6 Å². The quantitative estimate of drug-likeness (QED) is 0.214. The summed E-state index contributed by atoms with van der Waals surface area (Å²) in [4.78, 5) is 28.0. The fourth-order valence-electron chi connectivity index (χ4n) is 4.85. The molecular formula is C33H25NO3S. The van der Waals surface area contributed by atoms with Crippen molar-refractivity contribution >= 4 is 50.5 Å². The Morgan fingerprint density at radius 3 is 2.21 bits per heavy atom. The predicted molar refractivity (Wildman–Crippen MR) is 155 cm³/mol. The van der Waals surface area contributed by atoms with E-state index in [1.165, 1.54) is 4.90 Å². The van der Waals surface area contributed by atoms with Gasteiger partial charge in [-0.25, -0.2) is 0 Å². The molecule has 0 aliphatic carbocycles. The summed E-state index contributed by atoms with van der Waals surface area (Å²) in [7, 11) is 0. The molecule has 0 bridgehead atoms. The molecule has 0 unspecified atom stereocenters. The van der Waals surface area contributed by atoms with Gasteiger partial charge in [-0.3, -0.25) is 14.5 Å². The zero-order valence-corrected chi connectivity index (χ0v) is 21.7. The molecule has 5 aromatic carbocycles. The van der Waals surface area contributed by atoms with Gasteiger partial charge in [-0.15, -0.1) is 0 Å². The van der Waals surface area contributed by atoms with Crippen molar-refractivity contribution in [2.24, 2.45) is 0 Å². The second kappa shape index (κ2) is 10.2. The van der Waals surface area contributed by atoms with Crippen LogP contribution in [0.1, 0.15) is 22.3 Å². The van der Waals surface area contributed by atoms with Crippen molar-refractivity contribution in [2.45, 2.75) is 20.1 Å². The standard InChI is InChI=1S/C33H25NO3S/c1-22-9-2-3-12-25(22)20-34-32(35)31(38-33(34)36)19-29-28-16-7-5-11-24(28)17-18-30(29)37-21-26-14-8-13-23-10-4-6-15-27(23)26/h2-19H,20-21H2,1H3/b31-19-. The van der Waals surface area contributed by atoms with Crippen LogP contribution in [0.5, 0.6) is 5.75 Å². The fourth-order valence-corrected chi connectivity index (χ4v) is 5.67. The number of carbonyl (C=O) groups is 2. The van der Waals surface area contributed by atoms with E-state index in [2.05, 4.69) is 24.3 Å². The molecule has 1 fully saturated rings. The number of ether oxygens (including phenoxy) is 1. The van der Waals surface area contributed by atoms with Crippen LogP contribution in [0.3, 0.4) is 0 Å². The van der Waals surface area contributed by atoms with E-state index in [9.17, 15) is 9.59 Å². The number of aryl methyl sites for hydroxylation is 1. The molecule has 0 N–H and O–H groups in total. The van der Waals surface area contributed by atoms with Crippen LogP contribution in [0, 0.1) is 6.92 Å². The lowest BCUT2D eigenvalue weighted by atomic mass is 10.0. The molecule has 5 aromatic rings. The van der Waals surface area contributed by atoms with Gasteiger partial charge in [-0.1, -0.05) is 97.1 Å². The van der Waals surface area contributed by atoms with Crippen molar-refractivity contribution in [1.82, 2.24) is 4.90 Å². The summed E-state index contributed by atoms with van der Waals surface area (Å²) in [5.74, 6) is 0.388. The first-order chi connectivity index (χ1) is 18.6. The lowest BCUT2D eigenvalue weighted by molar-refractivity contribution is -0.123. The summed E-state index contributed by atoms with van der Waals surface area (Å²) in [5.41, 5.74) is 3.89. The summed E-state index contributed by atoms with van der Waals surface area (Å²) in [5, 5.41) is 4.05. The van der Waals surface area contributed by atoms with E-state index in [0.717, 1.165) is 55.6 Å². The minimum absolute atomic E-state index is 0.259. The minimum Gasteiger partial charge on any atom is -0.488 e. The van der Waals surface area contributed by atoms with Gasteiger partial charge in [0.1, 0.15) is 12.4 Å².